The molecular formula is C29H26F2N6O2. The average molecular weight is 529 g/mol. The van der Waals surface area contributed by atoms with Gasteiger partial charge >= 0.3 is 0 Å². The summed E-state index contributed by atoms with van der Waals surface area (Å²) in [6.07, 6.45) is 9.86. The van der Waals surface area contributed by atoms with Gasteiger partial charge in [-0.3, -0.25) is 9.89 Å². The van der Waals surface area contributed by atoms with E-state index in [9.17, 15) is 13.6 Å². The SMILES string of the molecule is Cc1ccc(OCCN2C=CC=CC2)cc1-c1ccnc(NC(=O)c2n[nH]c(Cc3cc(F)cc(F)c3)n2)c1. The average Bonchev–Trinajstić information content (AvgIpc) is 3.38. The molecule has 0 aliphatic carbocycles. The van der Waals surface area contributed by atoms with Crippen LogP contribution in [0.5, 0.6) is 5.75 Å². The Bertz CT molecular complexity index is 1530. The topological polar surface area (TPSA) is 96.0 Å². The van der Waals surface area contributed by atoms with Crippen molar-refractivity contribution in [2.24, 2.45) is 0 Å². The molecule has 1 aliphatic heterocycles. The molecule has 2 aromatic heterocycles. The molecule has 0 saturated carbocycles. The van der Waals surface area contributed by atoms with E-state index in [1.165, 1.54) is 12.1 Å². The van der Waals surface area contributed by atoms with Crippen LogP contribution in [0.2, 0.25) is 0 Å². The van der Waals surface area contributed by atoms with E-state index in [0.717, 1.165) is 41.6 Å². The number of anilines is 1. The number of allylic oxidation sites excluding steroid dienone is 2. The molecule has 5 rings (SSSR count). The molecule has 0 radical (unpaired) electrons. The zero-order valence-corrected chi connectivity index (χ0v) is 21.2. The molecule has 0 spiro atoms. The van der Waals surface area contributed by atoms with E-state index >= 15 is 0 Å². The molecule has 4 aromatic rings. The molecule has 0 unspecified atom stereocenters. The highest BCUT2D eigenvalue weighted by Gasteiger charge is 2.15. The van der Waals surface area contributed by atoms with Crippen molar-refractivity contribution in [3.05, 3.63) is 114 Å². The maximum absolute atomic E-state index is 13.5. The van der Waals surface area contributed by atoms with Crippen molar-refractivity contribution >= 4 is 11.7 Å². The summed E-state index contributed by atoms with van der Waals surface area (Å²) in [4.78, 5) is 23.3. The molecule has 0 bridgehead atoms. The number of aryl methyl sites for hydroxylation is 1. The van der Waals surface area contributed by atoms with E-state index in [1.54, 1.807) is 12.3 Å². The number of halogens is 2. The summed E-state index contributed by atoms with van der Waals surface area (Å²) in [6, 6.07) is 12.7. The Kier molecular flexibility index (Phi) is 7.72. The van der Waals surface area contributed by atoms with Gasteiger partial charge in [-0.2, -0.15) is 0 Å². The highest BCUT2D eigenvalue weighted by Crippen LogP contribution is 2.29. The number of carbonyl (C=O) groups excluding carboxylic acids is 1. The summed E-state index contributed by atoms with van der Waals surface area (Å²) in [5, 5.41) is 9.27. The van der Waals surface area contributed by atoms with Gasteiger partial charge in [-0.1, -0.05) is 18.2 Å². The van der Waals surface area contributed by atoms with Crippen molar-refractivity contribution in [1.29, 1.82) is 0 Å². The van der Waals surface area contributed by atoms with E-state index < -0.39 is 17.5 Å². The first-order valence-corrected chi connectivity index (χ1v) is 12.4. The number of nitrogens with one attached hydrogen (secondary N) is 2. The molecule has 0 saturated heterocycles. The molecule has 1 amide bonds. The lowest BCUT2D eigenvalue weighted by molar-refractivity contribution is 0.101. The van der Waals surface area contributed by atoms with Gasteiger partial charge < -0.3 is 15.0 Å². The van der Waals surface area contributed by atoms with E-state index in [2.05, 4.69) is 36.5 Å². The first-order valence-electron chi connectivity index (χ1n) is 12.4. The Morgan fingerprint density at radius 3 is 2.74 bits per heavy atom. The third-order valence-electron chi connectivity index (χ3n) is 6.08. The number of ether oxygens (including phenoxy) is 1. The van der Waals surface area contributed by atoms with Crippen LogP contribution in [0.4, 0.5) is 14.6 Å². The van der Waals surface area contributed by atoms with Gasteiger partial charge in [0.05, 0.1) is 6.54 Å². The number of hydrogen-bond acceptors (Lipinski definition) is 6. The number of H-pyrrole nitrogens is 1. The van der Waals surface area contributed by atoms with Gasteiger partial charge in [-0.05, 0) is 77.9 Å². The lowest BCUT2D eigenvalue weighted by Crippen LogP contribution is -2.24. The molecule has 198 valence electrons. The standard InChI is InChI=1S/C29H26F2N6O2/c1-19-5-6-24(39-12-11-37-9-3-2-4-10-37)18-25(19)21-7-8-32-26(16-21)34-29(38)28-33-27(35-36-28)15-20-13-22(30)17-23(31)14-20/h2-9,13-14,16-18H,10-12,15H2,1H3,(H,32,34,38)(H,33,35,36). The van der Waals surface area contributed by atoms with Crippen LogP contribution < -0.4 is 10.1 Å². The van der Waals surface area contributed by atoms with Gasteiger partial charge in [0, 0.05) is 25.2 Å². The summed E-state index contributed by atoms with van der Waals surface area (Å²) >= 11 is 0. The molecule has 2 aromatic carbocycles. The number of aromatic nitrogens is 4. The van der Waals surface area contributed by atoms with Gasteiger partial charge in [-0.25, -0.2) is 18.7 Å². The summed E-state index contributed by atoms with van der Waals surface area (Å²) in [7, 11) is 0. The van der Waals surface area contributed by atoms with Crippen molar-refractivity contribution in [3.8, 4) is 16.9 Å². The normalized spacial score (nSPS) is 12.5. The lowest BCUT2D eigenvalue weighted by Gasteiger charge is -2.20. The Balaban J connectivity index is 1.24. The number of carbonyl (C=O) groups is 1. The molecule has 0 atom stereocenters. The number of benzene rings is 2. The van der Waals surface area contributed by atoms with Crippen LogP contribution in [-0.4, -0.2) is 50.7 Å². The number of hydrogen-bond donors (Lipinski definition) is 2. The second-order valence-electron chi connectivity index (χ2n) is 9.03. The Labute approximate surface area is 224 Å². The second-order valence-corrected chi connectivity index (χ2v) is 9.03. The summed E-state index contributed by atoms with van der Waals surface area (Å²) in [5.41, 5.74) is 3.22. The van der Waals surface area contributed by atoms with Crippen LogP contribution >= 0.6 is 0 Å². The fourth-order valence-electron chi connectivity index (χ4n) is 4.18. The van der Waals surface area contributed by atoms with Crippen molar-refractivity contribution in [2.45, 2.75) is 13.3 Å². The Hall–Kier alpha value is -4.86. The summed E-state index contributed by atoms with van der Waals surface area (Å²) in [5.74, 6) is -0.677. The van der Waals surface area contributed by atoms with Crippen molar-refractivity contribution in [2.75, 3.05) is 25.0 Å². The Morgan fingerprint density at radius 1 is 1.10 bits per heavy atom. The highest BCUT2D eigenvalue weighted by atomic mass is 19.1. The predicted octanol–water partition coefficient (Wildman–Crippen LogP) is 5.06. The zero-order valence-electron chi connectivity index (χ0n) is 21.2. The lowest BCUT2D eigenvalue weighted by atomic mass is 10.0. The number of nitrogens with zero attached hydrogens (tertiary/aromatic N) is 4. The third-order valence-corrected chi connectivity index (χ3v) is 6.08. The third kappa shape index (κ3) is 6.72. The number of rotatable bonds is 9. The molecule has 10 heteroatoms. The van der Waals surface area contributed by atoms with Gasteiger partial charge in [-0.15, -0.1) is 5.10 Å². The number of amides is 1. The molecule has 2 N–H and O–H groups in total. The maximum atomic E-state index is 13.5. The molecular weight excluding hydrogens is 502 g/mol. The fraction of sp³-hybridized carbons (Fsp3) is 0.172. The van der Waals surface area contributed by atoms with E-state index in [-0.39, 0.29) is 12.2 Å². The van der Waals surface area contributed by atoms with Gasteiger partial charge in [0.25, 0.3) is 5.91 Å². The molecule has 0 fully saturated rings. The van der Waals surface area contributed by atoms with Crippen molar-refractivity contribution < 1.29 is 18.3 Å². The minimum absolute atomic E-state index is 0.0894. The second kappa shape index (κ2) is 11.7. The first-order chi connectivity index (χ1) is 18.9. The minimum Gasteiger partial charge on any atom is -0.492 e. The quantitative estimate of drug-likeness (QED) is 0.315. The maximum Gasteiger partial charge on any atom is 0.296 e. The van der Waals surface area contributed by atoms with E-state index in [1.807, 2.05) is 49.5 Å². The van der Waals surface area contributed by atoms with Gasteiger partial charge in [0.2, 0.25) is 5.82 Å². The number of aromatic amines is 1. The fourth-order valence-corrected chi connectivity index (χ4v) is 4.18. The van der Waals surface area contributed by atoms with E-state index in [0.29, 0.717) is 23.8 Å². The van der Waals surface area contributed by atoms with Crippen LogP contribution in [0.1, 0.15) is 27.6 Å². The molecule has 39 heavy (non-hydrogen) atoms. The minimum atomic E-state index is -0.687. The summed E-state index contributed by atoms with van der Waals surface area (Å²) in [6.45, 7) is 4.19. The zero-order chi connectivity index (χ0) is 27.2. The Morgan fingerprint density at radius 2 is 1.95 bits per heavy atom. The van der Waals surface area contributed by atoms with Crippen molar-refractivity contribution in [3.63, 3.8) is 0 Å². The van der Waals surface area contributed by atoms with Crippen LogP contribution in [0.15, 0.2) is 79.2 Å². The molecule has 3 heterocycles. The highest BCUT2D eigenvalue weighted by molar-refractivity contribution is 6.01. The number of pyridine rings is 1. The molecule has 8 nitrogen and oxygen atoms in total. The molecule has 1 aliphatic rings. The largest absolute Gasteiger partial charge is 0.492 e. The van der Waals surface area contributed by atoms with Crippen LogP contribution in [0.3, 0.4) is 0 Å². The van der Waals surface area contributed by atoms with Gasteiger partial charge in [0.1, 0.15) is 35.6 Å². The summed E-state index contributed by atoms with van der Waals surface area (Å²) < 4.78 is 32.9. The van der Waals surface area contributed by atoms with Crippen LogP contribution in [0.25, 0.3) is 11.1 Å². The van der Waals surface area contributed by atoms with Crippen LogP contribution in [0, 0.1) is 18.6 Å². The van der Waals surface area contributed by atoms with Crippen molar-refractivity contribution in [1.82, 2.24) is 25.1 Å². The first kappa shape index (κ1) is 25.8. The monoisotopic (exact) mass is 528 g/mol. The van der Waals surface area contributed by atoms with E-state index in [4.69, 9.17) is 4.74 Å². The predicted molar refractivity (Wildman–Crippen MR) is 143 cm³/mol. The van der Waals surface area contributed by atoms with Crippen LogP contribution in [-0.2, 0) is 6.42 Å². The smallest absolute Gasteiger partial charge is 0.296 e. The van der Waals surface area contributed by atoms with Gasteiger partial charge in [0.15, 0.2) is 0 Å².